The summed E-state index contributed by atoms with van der Waals surface area (Å²) >= 11 is 0. The zero-order valence-electron chi connectivity index (χ0n) is 17.1. The van der Waals surface area contributed by atoms with E-state index in [0.717, 1.165) is 50.6 Å². The number of amides is 2. The molecule has 2 amide bonds. The predicted molar refractivity (Wildman–Crippen MR) is 107 cm³/mol. The van der Waals surface area contributed by atoms with Crippen LogP contribution in [-0.4, -0.2) is 54.7 Å². The lowest BCUT2D eigenvalue weighted by molar-refractivity contribution is -0.124. The van der Waals surface area contributed by atoms with Crippen LogP contribution in [0.3, 0.4) is 0 Å². The quantitative estimate of drug-likeness (QED) is 0.752. The van der Waals surface area contributed by atoms with Crippen molar-refractivity contribution in [1.82, 2.24) is 15.5 Å². The van der Waals surface area contributed by atoms with Crippen LogP contribution in [-0.2, 0) is 9.53 Å². The van der Waals surface area contributed by atoms with E-state index >= 15 is 0 Å². The fourth-order valence-corrected chi connectivity index (χ4v) is 3.69. The fraction of sp³-hybridized carbons (Fsp3) is 0.900. The molecular weight excluding hydrogens is 330 g/mol. The SMILES string of the molecule is CC(C)C1CC(NC(=O)CN2CCC(CNC(=O)OC(C)(C)C)CC2)C1.[HH].[HH]. The van der Waals surface area contributed by atoms with Gasteiger partial charge in [0.1, 0.15) is 5.60 Å². The van der Waals surface area contributed by atoms with Crippen LogP contribution in [0.15, 0.2) is 0 Å². The lowest BCUT2D eigenvalue weighted by atomic mass is 9.74. The molecule has 0 aromatic rings. The molecule has 0 spiro atoms. The number of carbonyl (C=O) groups excluding carboxylic acids is 2. The molecular formula is C20H41N3O3. The summed E-state index contributed by atoms with van der Waals surface area (Å²) in [6.07, 6.45) is 3.91. The van der Waals surface area contributed by atoms with E-state index in [9.17, 15) is 9.59 Å². The number of ether oxygens (including phenoxy) is 1. The molecule has 2 rings (SSSR count). The Morgan fingerprint density at radius 2 is 1.81 bits per heavy atom. The number of hydrogen-bond acceptors (Lipinski definition) is 4. The Balaban J connectivity index is 0.00000364. The third kappa shape index (κ3) is 7.14. The van der Waals surface area contributed by atoms with Crippen molar-refractivity contribution in [2.75, 3.05) is 26.2 Å². The third-order valence-electron chi connectivity index (χ3n) is 5.49. The zero-order chi connectivity index (χ0) is 19.3. The Kier molecular flexibility index (Phi) is 7.33. The Bertz CT molecular complexity index is 484. The summed E-state index contributed by atoms with van der Waals surface area (Å²) in [5, 5.41) is 6.03. The van der Waals surface area contributed by atoms with Crippen LogP contribution in [0, 0.1) is 17.8 Å². The molecule has 1 aliphatic heterocycles. The van der Waals surface area contributed by atoms with E-state index in [-0.39, 0.29) is 14.9 Å². The van der Waals surface area contributed by atoms with Crippen molar-refractivity contribution >= 4 is 12.0 Å². The number of nitrogens with one attached hydrogen (secondary N) is 2. The summed E-state index contributed by atoms with van der Waals surface area (Å²) in [6.45, 7) is 13.1. The van der Waals surface area contributed by atoms with Crippen LogP contribution in [0.4, 0.5) is 4.79 Å². The largest absolute Gasteiger partial charge is 0.444 e. The highest BCUT2D eigenvalue weighted by Gasteiger charge is 2.32. The van der Waals surface area contributed by atoms with E-state index < -0.39 is 5.60 Å². The lowest BCUT2D eigenvalue weighted by Gasteiger charge is -2.39. The number of carbonyl (C=O) groups is 2. The number of hydrogen-bond donors (Lipinski definition) is 2. The number of alkyl carbamates (subject to hydrolysis) is 1. The van der Waals surface area contributed by atoms with Gasteiger partial charge in [-0.15, -0.1) is 0 Å². The summed E-state index contributed by atoms with van der Waals surface area (Å²) in [7, 11) is 0. The number of likely N-dealkylation sites (tertiary alicyclic amines) is 1. The predicted octanol–water partition coefficient (Wildman–Crippen LogP) is 3.27. The summed E-state index contributed by atoms with van der Waals surface area (Å²) in [4.78, 5) is 26.1. The van der Waals surface area contributed by atoms with Gasteiger partial charge in [-0.2, -0.15) is 0 Å². The first-order valence-electron chi connectivity index (χ1n) is 10.1. The van der Waals surface area contributed by atoms with Crippen molar-refractivity contribution in [3.63, 3.8) is 0 Å². The molecule has 0 aromatic heterocycles. The zero-order valence-corrected chi connectivity index (χ0v) is 17.1. The molecule has 1 saturated heterocycles. The van der Waals surface area contributed by atoms with Gasteiger partial charge in [0, 0.05) is 15.4 Å². The Morgan fingerprint density at radius 1 is 1.19 bits per heavy atom. The van der Waals surface area contributed by atoms with Crippen LogP contribution in [0.1, 0.15) is 63.2 Å². The first-order chi connectivity index (χ1) is 12.1. The first-order valence-corrected chi connectivity index (χ1v) is 10.1. The topological polar surface area (TPSA) is 70.7 Å². The van der Waals surface area contributed by atoms with E-state index in [2.05, 4.69) is 29.4 Å². The maximum atomic E-state index is 12.2. The second-order valence-corrected chi connectivity index (χ2v) is 9.34. The Labute approximate surface area is 161 Å². The second kappa shape index (κ2) is 9.07. The molecule has 2 fully saturated rings. The summed E-state index contributed by atoms with van der Waals surface area (Å²) in [6, 6.07) is 0.380. The molecule has 0 radical (unpaired) electrons. The third-order valence-corrected chi connectivity index (χ3v) is 5.49. The first kappa shape index (κ1) is 21.0. The van der Waals surface area contributed by atoms with Crippen LogP contribution >= 0.6 is 0 Å². The Morgan fingerprint density at radius 3 is 2.35 bits per heavy atom. The molecule has 6 heteroatoms. The van der Waals surface area contributed by atoms with Gasteiger partial charge in [-0.25, -0.2) is 4.79 Å². The van der Waals surface area contributed by atoms with Gasteiger partial charge in [0.15, 0.2) is 0 Å². The second-order valence-electron chi connectivity index (χ2n) is 9.34. The minimum absolute atomic E-state index is 0. The van der Waals surface area contributed by atoms with E-state index in [4.69, 9.17) is 4.74 Å². The smallest absolute Gasteiger partial charge is 0.407 e. The summed E-state index contributed by atoms with van der Waals surface area (Å²) in [5.74, 6) is 2.10. The molecule has 6 nitrogen and oxygen atoms in total. The van der Waals surface area contributed by atoms with Gasteiger partial charge in [0.05, 0.1) is 6.54 Å². The molecule has 26 heavy (non-hydrogen) atoms. The molecule has 1 aliphatic carbocycles. The number of rotatable bonds is 6. The maximum Gasteiger partial charge on any atom is 0.407 e. The maximum absolute atomic E-state index is 12.2. The molecule has 0 aromatic carbocycles. The highest BCUT2D eigenvalue weighted by atomic mass is 16.6. The highest BCUT2D eigenvalue weighted by Crippen LogP contribution is 2.33. The highest BCUT2D eigenvalue weighted by molar-refractivity contribution is 5.78. The van der Waals surface area contributed by atoms with Gasteiger partial charge < -0.3 is 15.4 Å². The van der Waals surface area contributed by atoms with E-state index in [1.807, 2.05) is 20.8 Å². The minimum atomic E-state index is -0.462. The van der Waals surface area contributed by atoms with Crippen molar-refractivity contribution in [3.8, 4) is 0 Å². The molecule has 2 aliphatic rings. The average Bonchev–Trinajstić information content (AvgIpc) is 2.47. The van der Waals surface area contributed by atoms with E-state index in [0.29, 0.717) is 25.0 Å². The van der Waals surface area contributed by atoms with E-state index in [1.165, 1.54) is 0 Å². The summed E-state index contributed by atoms with van der Waals surface area (Å²) < 4.78 is 5.26. The standard InChI is InChI=1S/C20H37N3O3.2H2/c1-14(2)16-10-17(11-16)22-18(24)13-23-8-6-15(7-9-23)12-21-19(25)26-20(3,4)5;;/h14-17H,6-13H2,1-5H3,(H,21,25)(H,22,24);2*1H. The van der Waals surface area contributed by atoms with Crippen LogP contribution in [0.5, 0.6) is 0 Å². The van der Waals surface area contributed by atoms with Crippen LogP contribution in [0.2, 0.25) is 0 Å². The van der Waals surface area contributed by atoms with Crippen molar-refractivity contribution in [2.45, 2.75) is 71.9 Å². The fourth-order valence-electron chi connectivity index (χ4n) is 3.69. The number of piperidine rings is 1. The molecule has 1 heterocycles. The van der Waals surface area contributed by atoms with Gasteiger partial charge in [-0.1, -0.05) is 13.8 Å². The van der Waals surface area contributed by atoms with Crippen LogP contribution in [0.25, 0.3) is 0 Å². The molecule has 154 valence electrons. The van der Waals surface area contributed by atoms with E-state index in [1.54, 1.807) is 0 Å². The molecule has 2 N–H and O–H groups in total. The van der Waals surface area contributed by atoms with Gasteiger partial charge >= 0.3 is 6.09 Å². The van der Waals surface area contributed by atoms with Crippen LogP contribution < -0.4 is 10.6 Å². The lowest BCUT2D eigenvalue weighted by Crippen LogP contribution is -2.50. The van der Waals surface area contributed by atoms with Gasteiger partial charge in [-0.05, 0) is 77.3 Å². The molecule has 0 atom stereocenters. The van der Waals surface area contributed by atoms with Crippen molar-refractivity contribution in [2.24, 2.45) is 17.8 Å². The van der Waals surface area contributed by atoms with Crippen molar-refractivity contribution < 1.29 is 17.2 Å². The summed E-state index contributed by atoms with van der Waals surface area (Å²) in [5.41, 5.74) is -0.462. The monoisotopic (exact) mass is 371 g/mol. The van der Waals surface area contributed by atoms with Gasteiger partial charge in [0.25, 0.3) is 0 Å². The molecule has 0 unspecified atom stereocenters. The molecule has 1 saturated carbocycles. The van der Waals surface area contributed by atoms with Gasteiger partial charge in [0.2, 0.25) is 5.91 Å². The minimum Gasteiger partial charge on any atom is -0.444 e. The average molecular weight is 372 g/mol. The molecule has 0 bridgehead atoms. The normalized spacial score (nSPS) is 24.8. The van der Waals surface area contributed by atoms with Crippen molar-refractivity contribution in [1.29, 1.82) is 0 Å². The van der Waals surface area contributed by atoms with Gasteiger partial charge in [-0.3, -0.25) is 9.69 Å². The number of nitrogens with zero attached hydrogens (tertiary/aromatic N) is 1. The van der Waals surface area contributed by atoms with Crippen molar-refractivity contribution in [3.05, 3.63) is 0 Å². The Hall–Kier alpha value is -1.30.